The number of carbonyl (C=O) groups is 6. The summed E-state index contributed by atoms with van der Waals surface area (Å²) in [6.07, 6.45) is 0.383. The van der Waals surface area contributed by atoms with Crippen LogP contribution in [0.2, 0.25) is 0 Å². The molecule has 6 heterocycles. The largest absolute Gasteiger partial charge is 0.460 e. The number of ether oxygens (including phenoxy) is 3. The van der Waals surface area contributed by atoms with Crippen LogP contribution >= 0.6 is 0 Å². The number of hydrogen-bond acceptors (Lipinski definition) is 11. The van der Waals surface area contributed by atoms with E-state index in [-0.39, 0.29) is 47.1 Å². The van der Waals surface area contributed by atoms with Crippen LogP contribution in [0.1, 0.15) is 186 Å². The number of aryl methyl sites for hydroxylation is 1. The van der Waals surface area contributed by atoms with Gasteiger partial charge in [0, 0.05) is 58.3 Å². The van der Waals surface area contributed by atoms with E-state index in [2.05, 4.69) is 29.1 Å². The van der Waals surface area contributed by atoms with Crippen LogP contribution in [0.4, 0.5) is 0 Å². The van der Waals surface area contributed by atoms with E-state index in [0.29, 0.717) is 45.0 Å². The molecule has 59 heavy (non-hydrogen) atoms. The number of nitrogens with zero attached hydrogens (tertiary/aromatic N) is 2. The Balaban J connectivity index is 1.49. The summed E-state index contributed by atoms with van der Waals surface area (Å²) in [5.74, 6) is -4.59. The summed E-state index contributed by atoms with van der Waals surface area (Å²) in [4.78, 5) is 97.1. The van der Waals surface area contributed by atoms with Crippen LogP contribution in [-0.4, -0.2) is 72.7 Å². The fourth-order valence-corrected chi connectivity index (χ4v) is 8.41. The zero-order valence-electron chi connectivity index (χ0n) is 36.0. The summed E-state index contributed by atoms with van der Waals surface area (Å²) in [7, 11) is 0. The quantitative estimate of drug-likeness (QED) is 0.127. The van der Waals surface area contributed by atoms with Gasteiger partial charge in [-0.1, -0.05) is 20.8 Å². The van der Waals surface area contributed by atoms with E-state index in [1.807, 2.05) is 26.0 Å². The van der Waals surface area contributed by atoms with Crippen molar-refractivity contribution in [1.82, 2.24) is 25.3 Å². The first-order valence-electron chi connectivity index (χ1n) is 20.3. The minimum Gasteiger partial charge on any atom is -0.460 e. The van der Waals surface area contributed by atoms with Gasteiger partial charge < -0.3 is 29.5 Å². The molecule has 2 aromatic heterocycles. The molecule has 4 aliphatic rings. The third-order valence-corrected chi connectivity index (χ3v) is 11.3. The molecule has 6 rings (SSSR count). The fraction of sp³-hybridized carbons (Fsp3) is 0.511. The lowest BCUT2D eigenvalue weighted by Gasteiger charge is -2.26. The Bertz CT molecular complexity index is 2390. The molecule has 14 nitrogen and oxygen atoms in total. The second-order valence-electron chi connectivity index (χ2n) is 18.0. The number of amides is 1. The van der Waals surface area contributed by atoms with Gasteiger partial charge in [0.25, 0.3) is 0 Å². The molecule has 8 bridgehead atoms. The maximum atomic E-state index is 13.9. The maximum absolute atomic E-state index is 13.9. The Hall–Kier alpha value is -5.66. The number of hydrogen-bond donors (Lipinski definition) is 3. The lowest BCUT2D eigenvalue weighted by molar-refractivity contribution is -0.165. The van der Waals surface area contributed by atoms with Crippen molar-refractivity contribution in [2.45, 2.75) is 150 Å². The number of carbonyl (C=O) groups excluding carboxylic acids is 6. The van der Waals surface area contributed by atoms with Gasteiger partial charge >= 0.3 is 23.9 Å². The van der Waals surface area contributed by atoms with Gasteiger partial charge in [0.1, 0.15) is 22.8 Å². The number of rotatable bonds is 9. The summed E-state index contributed by atoms with van der Waals surface area (Å²) < 4.78 is 16.4. The average molecular weight is 810 g/mol. The zero-order valence-corrected chi connectivity index (χ0v) is 36.0. The van der Waals surface area contributed by atoms with Gasteiger partial charge in [-0.3, -0.25) is 19.4 Å². The summed E-state index contributed by atoms with van der Waals surface area (Å²) >= 11 is 0. The van der Waals surface area contributed by atoms with Gasteiger partial charge in [0.2, 0.25) is 5.91 Å². The lowest BCUT2D eigenvalue weighted by Crippen LogP contribution is -2.46. The normalized spacial score (nSPS) is 20.1. The zero-order chi connectivity index (χ0) is 43.5. The van der Waals surface area contributed by atoms with Crippen molar-refractivity contribution < 1.29 is 43.0 Å². The summed E-state index contributed by atoms with van der Waals surface area (Å²) in [5, 5.41) is 2.68. The van der Waals surface area contributed by atoms with Crippen LogP contribution in [0, 0.1) is 6.92 Å². The number of esters is 4. The molecule has 0 saturated carbocycles. The Morgan fingerprint density at radius 2 is 1.51 bits per heavy atom. The molecular formula is C45H55N5O9. The van der Waals surface area contributed by atoms with Crippen molar-refractivity contribution in [2.75, 3.05) is 0 Å². The molecule has 0 aliphatic carbocycles. The molecule has 0 aromatic carbocycles. The molecule has 314 valence electrons. The first-order chi connectivity index (χ1) is 27.5. The SMILES string of the molecule is CC[C@H]1c2cc3[nH]c4c(c5nc(cc6nc(cc([nH]2)[C@@H]1C)C(C(C)=O)=C6C)[C@@H](C)[C@@H]5CCC(=O)NC(CC(=O)OC(C)(C)C)C(=O)OC(C)(C)C)C(=O)OC(=O)c4c3C. The standard InChI is InChI=1S/C45H55N5O9/c1-13-25-20(2)27-18-32-36(24(6)51)22(4)29(47-32)16-28-21(3)26(14-15-34(52)48-33(41(54)59-45(10,11)12)19-35(53)58-44(7,8)9)39(49-28)38-40-37(42(55)57-43(38)56)23(5)30(50-40)17-31(25)46-27/h16-18,20-21,25-26,33,46,50H,13-15,19H2,1-12H3,(H,48,52)/t20-,21+,25-,26+,33?/m1/s1. The van der Waals surface area contributed by atoms with Crippen molar-refractivity contribution in [3.8, 4) is 0 Å². The van der Waals surface area contributed by atoms with E-state index in [0.717, 1.165) is 17.8 Å². The van der Waals surface area contributed by atoms with Gasteiger partial charge in [-0.15, -0.1) is 0 Å². The Morgan fingerprint density at radius 1 is 0.847 bits per heavy atom. The number of aromatic nitrogens is 4. The Morgan fingerprint density at radius 3 is 2.14 bits per heavy atom. The highest BCUT2D eigenvalue weighted by atomic mass is 16.6. The third kappa shape index (κ3) is 8.72. The molecule has 4 aliphatic heterocycles. The molecular weight excluding hydrogens is 755 g/mol. The van der Waals surface area contributed by atoms with Crippen LogP contribution in [0.3, 0.4) is 0 Å². The summed E-state index contributed by atoms with van der Waals surface area (Å²) in [6, 6.07) is 4.37. The van der Waals surface area contributed by atoms with Crippen LogP contribution in [0.5, 0.6) is 0 Å². The second-order valence-corrected chi connectivity index (χ2v) is 18.0. The van der Waals surface area contributed by atoms with E-state index in [1.54, 1.807) is 54.5 Å². The van der Waals surface area contributed by atoms with Crippen LogP contribution in [0.15, 0.2) is 18.2 Å². The number of ketones is 1. The minimum absolute atomic E-state index is 0.0652. The first-order valence-corrected chi connectivity index (χ1v) is 20.3. The smallest absolute Gasteiger partial charge is 0.350 e. The van der Waals surface area contributed by atoms with Crippen LogP contribution in [0.25, 0.3) is 22.2 Å². The molecule has 5 atom stereocenters. The van der Waals surface area contributed by atoms with Crippen LogP contribution < -0.4 is 5.32 Å². The summed E-state index contributed by atoms with van der Waals surface area (Å²) in [6.45, 7) is 21.5. The van der Waals surface area contributed by atoms with E-state index >= 15 is 0 Å². The molecule has 2 aromatic rings. The van der Waals surface area contributed by atoms with Crippen molar-refractivity contribution in [2.24, 2.45) is 0 Å². The predicted molar refractivity (Wildman–Crippen MR) is 220 cm³/mol. The van der Waals surface area contributed by atoms with Crippen molar-refractivity contribution in [3.63, 3.8) is 0 Å². The van der Waals surface area contributed by atoms with E-state index in [4.69, 9.17) is 24.2 Å². The number of cyclic esters (lactones) is 2. The Labute approximate surface area is 344 Å². The van der Waals surface area contributed by atoms with Crippen molar-refractivity contribution in [1.29, 1.82) is 0 Å². The van der Waals surface area contributed by atoms with Gasteiger partial charge in [0.15, 0.2) is 5.78 Å². The van der Waals surface area contributed by atoms with Crippen LogP contribution in [-0.2, 0) is 33.4 Å². The highest BCUT2D eigenvalue weighted by Crippen LogP contribution is 2.45. The number of nitrogens with one attached hydrogen (secondary N) is 3. The molecule has 0 spiro atoms. The topological polar surface area (TPSA) is 199 Å². The highest BCUT2D eigenvalue weighted by molar-refractivity contribution is 6.27. The number of fused-ring (bicyclic) bond motifs is 8. The number of Topliss-reactive ketones (excluding diaryl/α,β-unsaturated/α-hetero) is 1. The maximum Gasteiger partial charge on any atom is 0.350 e. The molecule has 0 fully saturated rings. The molecule has 0 saturated heterocycles. The second kappa shape index (κ2) is 15.8. The molecule has 14 heteroatoms. The molecule has 0 radical (unpaired) electrons. The monoisotopic (exact) mass is 809 g/mol. The minimum atomic E-state index is -1.32. The number of allylic oxidation sites excluding steroid dienone is 2. The fourth-order valence-electron chi connectivity index (χ4n) is 8.41. The van der Waals surface area contributed by atoms with E-state index in [9.17, 15) is 28.8 Å². The highest BCUT2D eigenvalue weighted by Gasteiger charge is 2.40. The van der Waals surface area contributed by atoms with Gasteiger partial charge in [-0.05, 0) is 104 Å². The average Bonchev–Trinajstić information content (AvgIpc) is 3.78. The number of H-pyrrole nitrogens is 2. The van der Waals surface area contributed by atoms with Crippen molar-refractivity contribution >= 4 is 57.7 Å². The van der Waals surface area contributed by atoms with E-state index in [1.165, 1.54) is 6.92 Å². The first kappa shape index (κ1) is 42.9. The van der Waals surface area contributed by atoms with Crippen molar-refractivity contribution in [3.05, 3.63) is 69.1 Å². The number of aromatic amines is 2. The molecule has 1 amide bonds. The summed E-state index contributed by atoms with van der Waals surface area (Å²) in [5.41, 5.74) is 5.03. The molecule has 1 unspecified atom stereocenters. The lowest BCUT2D eigenvalue weighted by atomic mass is 9.85. The Kier molecular flexibility index (Phi) is 11.5. The van der Waals surface area contributed by atoms with Gasteiger partial charge in [-0.25, -0.2) is 19.4 Å². The van der Waals surface area contributed by atoms with E-state index < -0.39 is 65.3 Å². The van der Waals surface area contributed by atoms with Gasteiger partial charge in [-0.2, -0.15) is 0 Å². The van der Waals surface area contributed by atoms with Gasteiger partial charge in [0.05, 0.1) is 34.6 Å². The predicted octanol–water partition coefficient (Wildman–Crippen LogP) is 7.70. The molecule has 3 N–H and O–H groups in total. The third-order valence-electron chi connectivity index (χ3n) is 11.3.